The van der Waals surface area contributed by atoms with Crippen LogP contribution in [0.25, 0.3) is 22.0 Å². The summed E-state index contributed by atoms with van der Waals surface area (Å²) in [6, 6.07) is 17.6. The molecule has 0 aliphatic carbocycles. The molecule has 3 aromatic rings. The number of nitrogens with zero attached hydrogens (tertiary/aromatic N) is 1. The highest BCUT2D eigenvalue weighted by molar-refractivity contribution is 6.07. The molecule has 122 valence electrons. The van der Waals surface area contributed by atoms with Crippen molar-refractivity contribution < 1.29 is 9.53 Å². The normalized spacial score (nSPS) is 10.7. The molecule has 0 fully saturated rings. The molecule has 3 heteroatoms. The fourth-order valence-corrected chi connectivity index (χ4v) is 2.82. The Labute approximate surface area is 142 Å². The Morgan fingerprint density at radius 1 is 1.00 bits per heavy atom. The molecule has 2 aromatic carbocycles. The highest BCUT2D eigenvalue weighted by atomic mass is 16.5. The summed E-state index contributed by atoms with van der Waals surface area (Å²) in [5, 5.41) is 2.10. The maximum Gasteiger partial charge on any atom is 0.338 e. The first-order valence-corrected chi connectivity index (χ1v) is 8.41. The van der Waals surface area contributed by atoms with E-state index in [-0.39, 0.29) is 5.97 Å². The van der Waals surface area contributed by atoms with Crippen molar-refractivity contribution in [3.05, 3.63) is 66.4 Å². The topological polar surface area (TPSA) is 39.2 Å². The number of rotatable bonds is 6. The minimum atomic E-state index is -0.280. The minimum absolute atomic E-state index is 0.280. The van der Waals surface area contributed by atoms with Crippen molar-refractivity contribution in [1.82, 2.24) is 4.98 Å². The van der Waals surface area contributed by atoms with E-state index in [0.717, 1.165) is 41.3 Å². The van der Waals surface area contributed by atoms with Crippen LogP contribution >= 0.6 is 0 Å². The zero-order chi connectivity index (χ0) is 16.8. The molecule has 0 saturated heterocycles. The van der Waals surface area contributed by atoms with E-state index in [1.165, 1.54) is 0 Å². The van der Waals surface area contributed by atoms with Crippen LogP contribution in [0.2, 0.25) is 0 Å². The maximum absolute atomic E-state index is 12.6. The lowest BCUT2D eigenvalue weighted by molar-refractivity contribution is 0.0499. The summed E-state index contributed by atoms with van der Waals surface area (Å²) >= 11 is 0. The Kier molecular flexibility index (Phi) is 5.22. The van der Waals surface area contributed by atoms with Crippen molar-refractivity contribution in [1.29, 1.82) is 0 Å². The van der Waals surface area contributed by atoms with E-state index in [4.69, 9.17) is 4.74 Å². The summed E-state index contributed by atoms with van der Waals surface area (Å²) < 4.78 is 5.47. The van der Waals surface area contributed by atoms with Crippen LogP contribution in [0.5, 0.6) is 0 Å². The van der Waals surface area contributed by atoms with Crippen LogP contribution in [-0.2, 0) is 4.74 Å². The van der Waals surface area contributed by atoms with E-state index in [1.54, 1.807) is 6.20 Å². The summed E-state index contributed by atoms with van der Waals surface area (Å²) in [4.78, 5) is 17.0. The molecule has 3 nitrogen and oxygen atoms in total. The number of unbranched alkanes of at least 4 members (excludes halogenated alkanes) is 2. The number of fused-ring (bicyclic) bond motifs is 1. The average Bonchev–Trinajstić information content (AvgIpc) is 2.65. The predicted octanol–water partition coefficient (Wildman–Crippen LogP) is 5.25. The lowest BCUT2D eigenvalue weighted by Gasteiger charge is -2.12. The Morgan fingerprint density at radius 3 is 2.62 bits per heavy atom. The largest absolute Gasteiger partial charge is 0.462 e. The van der Waals surface area contributed by atoms with E-state index in [0.29, 0.717) is 12.2 Å². The number of ether oxygens (including phenoxy) is 1. The van der Waals surface area contributed by atoms with Crippen molar-refractivity contribution in [2.24, 2.45) is 0 Å². The molecule has 3 rings (SSSR count). The van der Waals surface area contributed by atoms with Gasteiger partial charge >= 0.3 is 5.97 Å². The third kappa shape index (κ3) is 3.46. The zero-order valence-electron chi connectivity index (χ0n) is 13.9. The summed E-state index contributed by atoms with van der Waals surface area (Å²) in [6.07, 6.45) is 4.81. The molecule has 0 unspecified atom stereocenters. The zero-order valence-corrected chi connectivity index (χ0v) is 13.9. The lowest BCUT2D eigenvalue weighted by atomic mass is 9.96. The third-order valence-electron chi connectivity index (χ3n) is 4.05. The Morgan fingerprint density at radius 2 is 1.83 bits per heavy atom. The van der Waals surface area contributed by atoms with Crippen LogP contribution in [-0.4, -0.2) is 17.6 Å². The van der Waals surface area contributed by atoms with Gasteiger partial charge in [0.25, 0.3) is 0 Å². The van der Waals surface area contributed by atoms with E-state index in [2.05, 4.69) is 11.9 Å². The first-order valence-electron chi connectivity index (χ1n) is 8.41. The first-order chi connectivity index (χ1) is 11.8. The molecule has 0 amide bonds. The summed E-state index contributed by atoms with van der Waals surface area (Å²) in [6.45, 7) is 2.59. The van der Waals surface area contributed by atoms with Crippen molar-refractivity contribution >= 4 is 16.7 Å². The number of pyridine rings is 1. The average molecular weight is 319 g/mol. The molecular weight excluding hydrogens is 298 g/mol. The van der Waals surface area contributed by atoms with Crippen LogP contribution in [0.15, 0.2) is 60.8 Å². The lowest BCUT2D eigenvalue weighted by Crippen LogP contribution is -2.08. The van der Waals surface area contributed by atoms with E-state index in [1.807, 2.05) is 54.6 Å². The highest BCUT2D eigenvalue weighted by Gasteiger charge is 2.17. The predicted molar refractivity (Wildman–Crippen MR) is 97.0 cm³/mol. The summed E-state index contributed by atoms with van der Waals surface area (Å²) in [7, 11) is 0. The van der Waals surface area contributed by atoms with Gasteiger partial charge in [-0.15, -0.1) is 0 Å². The molecule has 0 saturated carbocycles. The van der Waals surface area contributed by atoms with Gasteiger partial charge in [-0.05, 0) is 35.4 Å². The van der Waals surface area contributed by atoms with Gasteiger partial charge in [-0.1, -0.05) is 56.2 Å². The second-order valence-corrected chi connectivity index (χ2v) is 5.77. The number of carbonyl (C=O) groups excluding carboxylic acids is 1. The van der Waals surface area contributed by atoms with Gasteiger partial charge in [0, 0.05) is 11.8 Å². The quantitative estimate of drug-likeness (QED) is 0.460. The van der Waals surface area contributed by atoms with E-state index >= 15 is 0 Å². The number of esters is 1. The first kappa shape index (κ1) is 16.2. The second-order valence-electron chi connectivity index (χ2n) is 5.77. The van der Waals surface area contributed by atoms with Gasteiger partial charge in [-0.3, -0.25) is 4.98 Å². The molecule has 24 heavy (non-hydrogen) atoms. The van der Waals surface area contributed by atoms with Crippen LogP contribution in [0, 0.1) is 0 Å². The third-order valence-corrected chi connectivity index (χ3v) is 4.05. The van der Waals surface area contributed by atoms with Gasteiger partial charge in [-0.2, -0.15) is 0 Å². The Bertz CT molecular complexity index is 828. The fraction of sp³-hybridized carbons (Fsp3) is 0.238. The molecule has 0 bridgehead atoms. The number of hydrogen-bond donors (Lipinski definition) is 0. The minimum Gasteiger partial charge on any atom is -0.462 e. The van der Waals surface area contributed by atoms with Gasteiger partial charge in [-0.25, -0.2) is 4.79 Å². The molecule has 0 radical (unpaired) electrons. The fourth-order valence-electron chi connectivity index (χ4n) is 2.82. The number of carbonyl (C=O) groups is 1. The van der Waals surface area contributed by atoms with Gasteiger partial charge in [0.1, 0.15) is 0 Å². The van der Waals surface area contributed by atoms with Gasteiger partial charge in [0.15, 0.2) is 0 Å². The van der Waals surface area contributed by atoms with Crippen molar-refractivity contribution in [2.75, 3.05) is 6.61 Å². The molecule has 0 aliphatic rings. The van der Waals surface area contributed by atoms with Crippen LogP contribution in [0.4, 0.5) is 0 Å². The number of hydrogen-bond acceptors (Lipinski definition) is 3. The van der Waals surface area contributed by atoms with Crippen LogP contribution in [0.1, 0.15) is 36.5 Å². The number of benzene rings is 2. The SMILES string of the molecule is CCCCCOC(=O)c1ccc2ccccc2c1-c1ccccn1. The molecule has 1 heterocycles. The highest BCUT2D eigenvalue weighted by Crippen LogP contribution is 2.31. The van der Waals surface area contributed by atoms with Crippen molar-refractivity contribution in [2.45, 2.75) is 26.2 Å². The van der Waals surface area contributed by atoms with Crippen molar-refractivity contribution in [3.8, 4) is 11.3 Å². The molecule has 1 aromatic heterocycles. The second kappa shape index (κ2) is 7.73. The van der Waals surface area contributed by atoms with Crippen molar-refractivity contribution in [3.63, 3.8) is 0 Å². The molecule has 0 N–H and O–H groups in total. The molecule has 0 aliphatic heterocycles. The Hall–Kier alpha value is -2.68. The standard InChI is InChI=1S/C21H21NO2/c1-2-3-8-15-24-21(23)18-13-12-16-9-4-5-10-17(16)20(18)19-11-6-7-14-22-19/h4-7,9-14H,2-3,8,15H2,1H3. The van der Waals surface area contributed by atoms with Gasteiger partial charge < -0.3 is 4.74 Å². The van der Waals surface area contributed by atoms with E-state index < -0.39 is 0 Å². The summed E-state index contributed by atoms with van der Waals surface area (Å²) in [5.74, 6) is -0.280. The van der Waals surface area contributed by atoms with Gasteiger partial charge in [0.05, 0.1) is 17.9 Å². The monoisotopic (exact) mass is 319 g/mol. The van der Waals surface area contributed by atoms with Crippen LogP contribution < -0.4 is 0 Å². The van der Waals surface area contributed by atoms with Crippen LogP contribution in [0.3, 0.4) is 0 Å². The molecular formula is C21H21NO2. The molecule has 0 atom stereocenters. The van der Waals surface area contributed by atoms with E-state index in [9.17, 15) is 4.79 Å². The Balaban J connectivity index is 2.03. The maximum atomic E-state index is 12.6. The number of aromatic nitrogens is 1. The molecule has 0 spiro atoms. The smallest absolute Gasteiger partial charge is 0.338 e. The van der Waals surface area contributed by atoms with Gasteiger partial charge in [0.2, 0.25) is 0 Å². The summed E-state index contributed by atoms with van der Waals surface area (Å²) in [5.41, 5.74) is 2.20.